The van der Waals surface area contributed by atoms with Crippen LogP contribution in [0.15, 0.2) is 12.1 Å². The summed E-state index contributed by atoms with van der Waals surface area (Å²) in [4.78, 5) is 14.3. The fourth-order valence-corrected chi connectivity index (χ4v) is 3.02. The van der Waals surface area contributed by atoms with Crippen molar-refractivity contribution in [3.8, 4) is 0 Å². The van der Waals surface area contributed by atoms with Gasteiger partial charge in [0.1, 0.15) is 0 Å². The standard InChI is InChI=1S/C13H20N2OS.ClH/c1-2-11-5-6-12(17-11)9-15-13(16)8-10-4-3-7-14-10;/h5-6,10,14H,2-4,7-9H2,1H3,(H,15,16);1H. The van der Waals surface area contributed by atoms with Crippen molar-refractivity contribution in [2.75, 3.05) is 6.54 Å². The molecule has 1 unspecified atom stereocenters. The van der Waals surface area contributed by atoms with Crippen LogP contribution in [0, 0.1) is 0 Å². The van der Waals surface area contributed by atoms with Gasteiger partial charge in [-0.15, -0.1) is 23.7 Å². The summed E-state index contributed by atoms with van der Waals surface area (Å²) in [6, 6.07) is 4.65. The molecule has 0 bridgehead atoms. The Morgan fingerprint density at radius 2 is 2.28 bits per heavy atom. The van der Waals surface area contributed by atoms with Crippen LogP contribution in [0.4, 0.5) is 0 Å². The first-order chi connectivity index (χ1) is 8.28. The second-order valence-electron chi connectivity index (χ2n) is 4.50. The van der Waals surface area contributed by atoms with Crippen molar-refractivity contribution in [3.05, 3.63) is 21.9 Å². The molecule has 2 N–H and O–H groups in total. The highest BCUT2D eigenvalue weighted by molar-refractivity contribution is 7.11. The molecule has 0 saturated carbocycles. The molecule has 1 aromatic heterocycles. The van der Waals surface area contributed by atoms with Crippen molar-refractivity contribution in [2.24, 2.45) is 0 Å². The zero-order valence-electron chi connectivity index (χ0n) is 10.7. The Bertz CT molecular complexity index is 375. The van der Waals surface area contributed by atoms with E-state index in [1.54, 1.807) is 11.3 Å². The Morgan fingerprint density at radius 1 is 1.50 bits per heavy atom. The Morgan fingerprint density at radius 3 is 2.89 bits per heavy atom. The Labute approximate surface area is 119 Å². The number of carbonyl (C=O) groups is 1. The lowest BCUT2D eigenvalue weighted by Gasteiger charge is -2.09. The molecule has 1 atom stereocenters. The number of aryl methyl sites for hydroxylation is 1. The topological polar surface area (TPSA) is 41.1 Å². The fraction of sp³-hybridized carbons (Fsp3) is 0.615. The highest BCUT2D eigenvalue weighted by atomic mass is 35.5. The average molecular weight is 289 g/mol. The van der Waals surface area contributed by atoms with Gasteiger partial charge in [0.2, 0.25) is 5.91 Å². The molecule has 2 rings (SSSR count). The quantitative estimate of drug-likeness (QED) is 0.874. The third kappa shape index (κ3) is 4.59. The van der Waals surface area contributed by atoms with Gasteiger partial charge < -0.3 is 10.6 Å². The summed E-state index contributed by atoms with van der Waals surface area (Å²) >= 11 is 1.79. The van der Waals surface area contributed by atoms with Crippen LogP contribution >= 0.6 is 23.7 Å². The maximum absolute atomic E-state index is 11.7. The maximum Gasteiger partial charge on any atom is 0.221 e. The third-order valence-electron chi connectivity index (χ3n) is 3.12. The van der Waals surface area contributed by atoms with E-state index in [4.69, 9.17) is 0 Å². The largest absolute Gasteiger partial charge is 0.351 e. The normalized spacial score (nSPS) is 18.4. The van der Waals surface area contributed by atoms with Crippen molar-refractivity contribution in [3.63, 3.8) is 0 Å². The molecule has 18 heavy (non-hydrogen) atoms. The van der Waals surface area contributed by atoms with Gasteiger partial charge in [-0.2, -0.15) is 0 Å². The van der Waals surface area contributed by atoms with Crippen LogP contribution < -0.4 is 10.6 Å². The summed E-state index contributed by atoms with van der Waals surface area (Å²) in [6.45, 7) is 3.89. The molecule has 1 aliphatic rings. The van der Waals surface area contributed by atoms with E-state index in [0.717, 1.165) is 19.4 Å². The molecule has 0 spiro atoms. The molecule has 1 aromatic rings. The Kier molecular flexibility index (Phi) is 6.68. The van der Waals surface area contributed by atoms with E-state index >= 15 is 0 Å². The van der Waals surface area contributed by atoms with E-state index in [2.05, 4.69) is 29.7 Å². The summed E-state index contributed by atoms with van der Waals surface area (Å²) in [7, 11) is 0. The molecule has 1 saturated heterocycles. The van der Waals surface area contributed by atoms with Crippen LogP contribution in [-0.4, -0.2) is 18.5 Å². The molecular weight excluding hydrogens is 268 g/mol. The zero-order chi connectivity index (χ0) is 12.1. The lowest BCUT2D eigenvalue weighted by molar-refractivity contribution is -0.121. The van der Waals surface area contributed by atoms with Crippen molar-refractivity contribution < 1.29 is 4.79 Å². The summed E-state index contributed by atoms with van der Waals surface area (Å²) in [5, 5.41) is 6.34. The molecule has 2 heterocycles. The molecule has 0 radical (unpaired) electrons. The molecule has 1 amide bonds. The van der Waals surface area contributed by atoms with Gasteiger partial charge in [-0.1, -0.05) is 6.92 Å². The fourth-order valence-electron chi connectivity index (χ4n) is 2.12. The van der Waals surface area contributed by atoms with Gasteiger partial charge in [0.25, 0.3) is 0 Å². The van der Waals surface area contributed by atoms with Crippen LogP contribution in [0.25, 0.3) is 0 Å². The highest BCUT2D eigenvalue weighted by Crippen LogP contribution is 2.16. The molecule has 0 aromatic carbocycles. The van der Waals surface area contributed by atoms with Gasteiger partial charge in [0, 0.05) is 22.2 Å². The number of thiophene rings is 1. The minimum atomic E-state index is 0. The van der Waals surface area contributed by atoms with Crippen LogP contribution in [0.2, 0.25) is 0 Å². The van der Waals surface area contributed by atoms with Crippen LogP contribution in [-0.2, 0) is 17.8 Å². The zero-order valence-corrected chi connectivity index (χ0v) is 12.3. The molecule has 3 nitrogen and oxygen atoms in total. The van der Waals surface area contributed by atoms with Gasteiger partial charge in [0.05, 0.1) is 6.54 Å². The highest BCUT2D eigenvalue weighted by Gasteiger charge is 2.17. The number of rotatable bonds is 5. The van der Waals surface area contributed by atoms with Crippen molar-refractivity contribution in [1.82, 2.24) is 10.6 Å². The third-order valence-corrected chi connectivity index (χ3v) is 4.35. The number of amides is 1. The monoisotopic (exact) mass is 288 g/mol. The minimum absolute atomic E-state index is 0. The van der Waals surface area contributed by atoms with E-state index in [-0.39, 0.29) is 18.3 Å². The van der Waals surface area contributed by atoms with Gasteiger partial charge in [-0.3, -0.25) is 4.79 Å². The summed E-state index contributed by atoms with van der Waals surface area (Å²) in [5.41, 5.74) is 0. The van der Waals surface area contributed by atoms with E-state index in [9.17, 15) is 4.79 Å². The second kappa shape index (κ2) is 7.77. The first-order valence-corrected chi connectivity index (χ1v) is 7.17. The van der Waals surface area contributed by atoms with Crippen molar-refractivity contribution in [2.45, 2.75) is 45.2 Å². The number of nitrogens with one attached hydrogen (secondary N) is 2. The van der Waals surface area contributed by atoms with Crippen LogP contribution in [0.1, 0.15) is 35.9 Å². The SMILES string of the molecule is CCc1ccc(CNC(=O)CC2CCCN2)s1.Cl. The molecule has 1 aliphatic heterocycles. The summed E-state index contributed by atoms with van der Waals surface area (Å²) in [5.74, 6) is 0.163. The van der Waals surface area contributed by atoms with E-state index < -0.39 is 0 Å². The summed E-state index contributed by atoms with van der Waals surface area (Å²) in [6.07, 6.45) is 4.02. The van der Waals surface area contributed by atoms with Gasteiger partial charge >= 0.3 is 0 Å². The summed E-state index contributed by atoms with van der Waals surface area (Å²) < 4.78 is 0. The average Bonchev–Trinajstić information content (AvgIpc) is 2.96. The number of hydrogen-bond acceptors (Lipinski definition) is 3. The molecule has 0 aliphatic carbocycles. The van der Waals surface area contributed by atoms with Gasteiger partial charge in [-0.05, 0) is 37.9 Å². The van der Waals surface area contributed by atoms with E-state index in [1.807, 2.05) is 0 Å². The minimum Gasteiger partial charge on any atom is -0.351 e. The molecule has 102 valence electrons. The Balaban J connectivity index is 0.00000162. The van der Waals surface area contributed by atoms with Gasteiger partial charge in [0.15, 0.2) is 0 Å². The lowest BCUT2D eigenvalue weighted by atomic mass is 10.1. The van der Waals surface area contributed by atoms with Gasteiger partial charge in [-0.25, -0.2) is 0 Å². The predicted octanol–water partition coefficient (Wildman–Crippen LogP) is 2.49. The van der Waals surface area contributed by atoms with Crippen molar-refractivity contribution >= 4 is 29.7 Å². The predicted molar refractivity (Wildman–Crippen MR) is 78.4 cm³/mol. The first kappa shape index (κ1) is 15.5. The number of hydrogen-bond donors (Lipinski definition) is 2. The van der Waals surface area contributed by atoms with Crippen LogP contribution in [0.5, 0.6) is 0 Å². The van der Waals surface area contributed by atoms with Crippen molar-refractivity contribution in [1.29, 1.82) is 0 Å². The smallest absolute Gasteiger partial charge is 0.221 e. The lowest BCUT2D eigenvalue weighted by Crippen LogP contribution is -2.31. The van der Waals surface area contributed by atoms with Crippen LogP contribution in [0.3, 0.4) is 0 Å². The number of carbonyl (C=O) groups excluding carboxylic acids is 1. The Hall–Kier alpha value is -0.580. The first-order valence-electron chi connectivity index (χ1n) is 6.35. The van der Waals surface area contributed by atoms with E-state index in [0.29, 0.717) is 19.0 Å². The molecule has 5 heteroatoms. The maximum atomic E-state index is 11.7. The molecule has 1 fully saturated rings. The van der Waals surface area contributed by atoms with E-state index in [1.165, 1.54) is 16.2 Å². The molecular formula is C13H21ClN2OS. The number of halogens is 1. The second-order valence-corrected chi connectivity index (χ2v) is 5.75.